The van der Waals surface area contributed by atoms with Crippen LogP contribution in [-0.4, -0.2) is 5.97 Å². The van der Waals surface area contributed by atoms with Gasteiger partial charge in [0.15, 0.2) is 0 Å². The Morgan fingerprint density at radius 1 is 1.33 bits per heavy atom. The molecule has 1 fully saturated rings. The fraction of sp³-hybridized carbons (Fsp3) is 0.750. The summed E-state index contributed by atoms with van der Waals surface area (Å²) in [4.78, 5) is 10.4. The molecule has 0 bridgehead atoms. The van der Waals surface area contributed by atoms with Gasteiger partial charge < -0.3 is 9.90 Å². The van der Waals surface area contributed by atoms with E-state index in [4.69, 9.17) is 5.26 Å². The van der Waals surface area contributed by atoms with Gasteiger partial charge in [-0.05, 0) is 31.6 Å². The smallest absolute Gasteiger partial charge is 0.550 e. The van der Waals surface area contributed by atoms with Crippen LogP contribution in [0, 0.1) is 23.2 Å². The molecule has 0 N–H and O–H groups in total. The SMILES string of the molecule is N#CC1CCC(C(=O)[O-])CC1.[Na+]. The molecule has 0 heterocycles. The number of nitrogens with zero attached hydrogens (tertiary/aromatic N) is 1. The Morgan fingerprint density at radius 2 is 1.83 bits per heavy atom. The summed E-state index contributed by atoms with van der Waals surface area (Å²) in [5.41, 5.74) is 0. The van der Waals surface area contributed by atoms with Crippen LogP contribution >= 0.6 is 0 Å². The van der Waals surface area contributed by atoms with Gasteiger partial charge in [0, 0.05) is 11.9 Å². The zero-order valence-electron chi connectivity index (χ0n) is 7.25. The van der Waals surface area contributed by atoms with Crippen LogP contribution in [0.3, 0.4) is 0 Å². The van der Waals surface area contributed by atoms with Gasteiger partial charge in [-0.2, -0.15) is 5.26 Å². The number of carbonyl (C=O) groups is 1. The van der Waals surface area contributed by atoms with E-state index in [0.717, 1.165) is 12.8 Å². The Labute approximate surface area is 94.0 Å². The Kier molecular flexibility index (Phi) is 5.56. The second-order valence-electron chi connectivity index (χ2n) is 3.00. The number of carboxylic acid groups (broad SMARTS) is 1. The Balaban J connectivity index is 0.00000121. The van der Waals surface area contributed by atoms with E-state index in [9.17, 15) is 9.90 Å². The van der Waals surface area contributed by atoms with Gasteiger partial charge in [-0.15, -0.1) is 0 Å². The molecule has 1 aliphatic carbocycles. The fourth-order valence-electron chi connectivity index (χ4n) is 1.46. The van der Waals surface area contributed by atoms with Gasteiger partial charge in [-0.1, -0.05) is 0 Å². The molecule has 0 aromatic carbocycles. The largest absolute Gasteiger partial charge is 1.00 e. The third kappa shape index (κ3) is 3.14. The molecule has 0 aromatic heterocycles. The van der Waals surface area contributed by atoms with Crippen molar-refractivity contribution in [1.29, 1.82) is 5.26 Å². The number of rotatable bonds is 1. The topological polar surface area (TPSA) is 63.9 Å². The van der Waals surface area contributed by atoms with E-state index in [-0.39, 0.29) is 41.4 Å². The zero-order chi connectivity index (χ0) is 8.27. The molecule has 0 unspecified atom stereocenters. The van der Waals surface area contributed by atoms with Crippen LogP contribution in [0.25, 0.3) is 0 Å². The first-order chi connectivity index (χ1) is 5.24. The molecule has 12 heavy (non-hydrogen) atoms. The normalized spacial score (nSPS) is 28.2. The molecule has 0 amide bonds. The van der Waals surface area contributed by atoms with Gasteiger partial charge in [0.05, 0.1) is 6.07 Å². The molecule has 0 aliphatic heterocycles. The zero-order valence-corrected chi connectivity index (χ0v) is 9.25. The van der Waals surface area contributed by atoms with Crippen molar-refractivity contribution >= 4 is 5.97 Å². The van der Waals surface area contributed by atoms with Crippen LogP contribution in [0.2, 0.25) is 0 Å². The van der Waals surface area contributed by atoms with Crippen molar-refractivity contribution in [2.75, 3.05) is 0 Å². The molecule has 0 atom stereocenters. The molecule has 1 rings (SSSR count). The minimum absolute atomic E-state index is 0. The molecule has 1 saturated carbocycles. The van der Waals surface area contributed by atoms with Gasteiger partial charge in [0.1, 0.15) is 0 Å². The molecular formula is C8H10NNaO2. The average molecular weight is 175 g/mol. The van der Waals surface area contributed by atoms with E-state index in [1.807, 2.05) is 0 Å². The maximum atomic E-state index is 10.4. The predicted molar refractivity (Wildman–Crippen MR) is 36.1 cm³/mol. The summed E-state index contributed by atoms with van der Waals surface area (Å²) >= 11 is 0. The van der Waals surface area contributed by atoms with Crippen LogP contribution in [-0.2, 0) is 4.79 Å². The van der Waals surface area contributed by atoms with Gasteiger partial charge in [0.2, 0.25) is 0 Å². The molecule has 0 spiro atoms. The van der Waals surface area contributed by atoms with Crippen molar-refractivity contribution in [2.24, 2.45) is 11.8 Å². The summed E-state index contributed by atoms with van der Waals surface area (Å²) in [6.45, 7) is 0. The second-order valence-corrected chi connectivity index (χ2v) is 3.00. The predicted octanol–water partition coefficient (Wildman–Crippen LogP) is -2.93. The van der Waals surface area contributed by atoms with E-state index >= 15 is 0 Å². The number of carboxylic acids is 1. The molecule has 0 radical (unpaired) electrons. The number of carbonyl (C=O) groups excluding carboxylic acids is 1. The first-order valence-electron chi connectivity index (χ1n) is 3.84. The molecular weight excluding hydrogens is 165 g/mol. The standard InChI is InChI=1S/C8H11NO2.Na/c9-5-6-1-3-7(4-2-6)8(10)11;/h6-7H,1-4H2,(H,10,11);/q;+1/p-1. The van der Waals surface area contributed by atoms with E-state index in [2.05, 4.69) is 6.07 Å². The minimum Gasteiger partial charge on any atom is -0.550 e. The van der Waals surface area contributed by atoms with Crippen molar-refractivity contribution < 1.29 is 39.5 Å². The number of hydrogen-bond acceptors (Lipinski definition) is 3. The third-order valence-electron chi connectivity index (χ3n) is 2.24. The fourth-order valence-corrected chi connectivity index (χ4v) is 1.46. The Hall–Kier alpha value is -0.0400. The van der Waals surface area contributed by atoms with Gasteiger partial charge in [-0.25, -0.2) is 0 Å². The average Bonchev–Trinajstić information content (AvgIpc) is 2.05. The quantitative estimate of drug-likeness (QED) is 0.401. The monoisotopic (exact) mass is 175 g/mol. The number of nitriles is 1. The van der Waals surface area contributed by atoms with Crippen molar-refractivity contribution in [3.8, 4) is 6.07 Å². The summed E-state index contributed by atoms with van der Waals surface area (Å²) in [6.07, 6.45) is 2.66. The van der Waals surface area contributed by atoms with Crippen molar-refractivity contribution in [3.63, 3.8) is 0 Å². The molecule has 60 valence electrons. The summed E-state index contributed by atoms with van der Waals surface area (Å²) < 4.78 is 0. The molecule has 3 nitrogen and oxygen atoms in total. The Morgan fingerprint density at radius 3 is 2.17 bits per heavy atom. The number of hydrogen-bond donors (Lipinski definition) is 0. The van der Waals surface area contributed by atoms with Crippen LogP contribution < -0.4 is 34.7 Å². The first kappa shape index (κ1) is 12.0. The van der Waals surface area contributed by atoms with E-state index in [1.165, 1.54) is 0 Å². The maximum absolute atomic E-state index is 10.4. The number of aliphatic carboxylic acids is 1. The molecule has 0 aromatic rings. The summed E-state index contributed by atoms with van der Waals surface area (Å²) in [6, 6.07) is 2.15. The van der Waals surface area contributed by atoms with Gasteiger partial charge in [-0.3, -0.25) is 0 Å². The van der Waals surface area contributed by atoms with Gasteiger partial charge >= 0.3 is 29.6 Å². The summed E-state index contributed by atoms with van der Waals surface area (Å²) in [5, 5.41) is 18.9. The van der Waals surface area contributed by atoms with Crippen molar-refractivity contribution in [1.82, 2.24) is 0 Å². The minimum atomic E-state index is -0.957. The van der Waals surface area contributed by atoms with Crippen LogP contribution in [0.15, 0.2) is 0 Å². The van der Waals surface area contributed by atoms with E-state index in [1.54, 1.807) is 0 Å². The molecule has 4 heteroatoms. The van der Waals surface area contributed by atoms with E-state index < -0.39 is 5.97 Å². The van der Waals surface area contributed by atoms with Crippen LogP contribution in [0.5, 0.6) is 0 Å². The molecule has 0 saturated heterocycles. The van der Waals surface area contributed by atoms with Crippen LogP contribution in [0.1, 0.15) is 25.7 Å². The Bertz CT molecular complexity index is 192. The van der Waals surface area contributed by atoms with Crippen LogP contribution in [0.4, 0.5) is 0 Å². The van der Waals surface area contributed by atoms with Crippen molar-refractivity contribution in [2.45, 2.75) is 25.7 Å². The van der Waals surface area contributed by atoms with E-state index in [0.29, 0.717) is 12.8 Å². The van der Waals surface area contributed by atoms with Gasteiger partial charge in [0.25, 0.3) is 0 Å². The second kappa shape index (κ2) is 5.58. The first-order valence-corrected chi connectivity index (χ1v) is 3.84. The maximum Gasteiger partial charge on any atom is 1.00 e. The summed E-state index contributed by atoms with van der Waals surface area (Å²) in [5.74, 6) is -1.19. The summed E-state index contributed by atoms with van der Waals surface area (Å²) in [7, 11) is 0. The third-order valence-corrected chi connectivity index (χ3v) is 2.24. The molecule has 1 aliphatic rings. The van der Waals surface area contributed by atoms with Crippen molar-refractivity contribution in [3.05, 3.63) is 0 Å².